The molecule has 2 amide bonds. The van der Waals surface area contributed by atoms with Gasteiger partial charge in [0.15, 0.2) is 0 Å². The van der Waals surface area contributed by atoms with E-state index in [0.29, 0.717) is 36.4 Å². The van der Waals surface area contributed by atoms with Crippen LogP contribution in [0.1, 0.15) is 39.0 Å². The van der Waals surface area contributed by atoms with Crippen LogP contribution in [0.25, 0.3) is 0 Å². The first-order valence-electron chi connectivity index (χ1n) is 9.56. The molecule has 1 aromatic rings. The summed E-state index contributed by atoms with van der Waals surface area (Å²) in [6, 6.07) is 7.51. The van der Waals surface area contributed by atoms with Crippen LogP contribution >= 0.6 is 0 Å². The number of anilines is 1. The van der Waals surface area contributed by atoms with Crippen molar-refractivity contribution in [1.29, 1.82) is 0 Å². The minimum absolute atomic E-state index is 0.0909. The second-order valence-electron chi connectivity index (χ2n) is 7.55. The quantitative estimate of drug-likeness (QED) is 0.680. The van der Waals surface area contributed by atoms with Crippen molar-refractivity contribution in [1.82, 2.24) is 5.32 Å². The number of ether oxygens (including phenoxy) is 1. The Balaban J connectivity index is 1.41. The summed E-state index contributed by atoms with van der Waals surface area (Å²) >= 11 is 0. The van der Waals surface area contributed by atoms with Crippen LogP contribution in [-0.4, -0.2) is 31.0 Å². The maximum absolute atomic E-state index is 12.5. The van der Waals surface area contributed by atoms with Crippen LogP contribution in [0.4, 0.5) is 5.69 Å². The van der Waals surface area contributed by atoms with Gasteiger partial charge in [0.05, 0.1) is 6.54 Å². The Hall–Kier alpha value is -2.08. The monoisotopic (exact) mass is 359 g/mol. The lowest BCUT2D eigenvalue weighted by molar-refractivity contribution is -0.128. The molecule has 2 aliphatic rings. The third-order valence-corrected chi connectivity index (χ3v) is 5.61. The topological polar surface area (TPSA) is 93.5 Å². The second-order valence-corrected chi connectivity index (χ2v) is 7.55. The summed E-state index contributed by atoms with van der Waals surface area (Å²) < 4.78 is 5.67. The van der Waals surface area contributed by atoms with Crippen LogP contribution in [0, 0.1) is 17.8 Å². The molecule has 0 saturated heterocycles. The molecule has 3 rings (SSSR count). The molecule has 4 N–H and O–H groups in total. The van der Waals surface area contributed by atoms with Crippen molar-refractivity contribution in [3.05, 3.63) is 24.3 Å². The van der Waals surface area contributed by atoms with Gasteiger partial charge in [0, 0.05) is 30.6 Å². The normalized spacial score (nSPS) is 27.5. The summed E-state index contributed by atoms with van der Waals surface area (Å²) in [5.74, 6) is 1.78. The van der Waals surface area contributed by atoms with E-state index in [0.717, 1.165) is 25.7 Å². The molecule has 2 saturated carbocycles. The van der Waals surface area contributed by atoms with E-state index in [2.05, 4.69) is 10.6 Å². The van der Waals surface area contributed by atoms with Gasteiger partial charge in [-0.25, -0.2) is 0 Å². The predicted molar refractivity (Wildman–Crippen MR) is 101 cm³/mol. The van der Waals surface area contributed by atoms with Crippen molar-refractivity contribution in [2.45, 2.75) is 45.1 Å². The molecule has 2 atom stereocenters. The van der Waals surface area contributed by atoms with Crippen LogP contribution in [-0.2, 0) is 9.59 Å². The van der Waals surface area contributed by atoms with Gasteiger partial charge in [-0.05, 0) is 49.7 Å². The standard InChI is InChI=1S/C20H29N3O3/c1-13(24)23-17-6-3-7-18(12-17)26-9-8-22-20(25)16-10-14-4-2-5-15(11-16)19(14)21/h3,6-7,12,14-16,19H,2,4-5,8-11,21H2,1H3,(H,22,25)(H,23,24). The number of nitrogens with one attached hydrogen (secondary N) is 2. The Morgan fingerprint density at radius 2 is 1.96 bits per heavy atom. The highest BCUT2D eigenvalue weighted by Crippen LogP contribution is 2.41. The molecule has 2 unspecified atom stereocenters. The fraction of sp³-hybridized carbons (Fsp3) is 0.600. The van der Waals surface area contributed by atoms with Gasteiger partial charge in [0.2, 0.25) is 11.8 Å². The number of carbonyl (C=O) groups is 2. The number of fused-ring (bicyclic) bond motifs is 2. The highest BCUT2D eigenvalue weighted by Gasteiger charge is 2.40. The third kappa shape index (κ3) is 4.75. The summed E-state index contributed by atoms with van der Waals surface area (Å²) in [4.78, 5) is 23.6. The highest BCUT2D eigenvalue weighted by atomic mass is 16.5. The Kier molecular flexibility index (Phi) is 6.14. The van der Waals surface area contributed by atoms with E-state index in [1.165, 1.54) is 13.3 Å². The average molecular weight is 359 g/mol. The number of hydrogen-bond donors (Lipinski definition) is 3. The average Bonchev–Trinajstić information content (AvgIpc) is 2.58. The summed E-state index contributed by atoms with van der Waals surface area (Å²) in [6.07, 6.45) is 5.42. The molecule has 2 fully saturated rings. The molecule has 2 aliphatic carbocycles. The first kappa shape index (κ1) is 18.7. The summed E-state index contributed by atoms with van der Waals surface area (Å²) in [6.45, 7) is 2.34. The van der Waals surface area contributed by atoms with Crippen molar-refractivity contribution in [3.8, 4) is 5.75 Å². The number of hydrogen-bond acceptors (Lipinski definition) is 4. The minimum atomic E-state index is -0.119. The number of amides is 2. The zero-order chi connectivity index (χ0) is 18.5. The van der Waals surface area contributed by atoms with E-state index in [4.69, 9.17) is 10.5 Å². The van der Waals surface area contributed by atoms with E-state index in [1.807, 2.05) is 12.1 Å². The predicted octanol–water partition coefficient (Wildman–Crippen LogP) is 2.29. The van der Waals surface area contributed by atoms with Gasteiger partial charge in [-0.3, -0.25) is 9.59 Å². The maximum atomic E-state index is 12.5. The van der Waals surface area contributed by atoms with Crippen LogP contribution in [0.15, 0.2) is 24.3 Å². The maximum Gasteiger partial charge on any atom is 0.223 e. The molecule has 0 aromatic heterocycles. The molecular formula is C20H29N3O3. The molecule has 6 heteroatoms. The first-order chi connectivity index (χ1) is 12.5. The smallest absolute Gasteiger partial charge is 0.223 e. The molecule has 2 bridgehead atoms. The lowest BCUT2D eigenvalue weighted by Gasteiger charge is -2.43. The van der Waals surface area contributed by atoms with E-state index in [-0.39, 0.29) is 23.8 Å². The van der Waals surface area contributed by atoms with E-state index < -0.39 is 0 Å². The molecule has 6 nitrogen and oxygen atoms in total. The van der Waals surface area contributed by atoms with Crippen LogP contribution in [0.3, 0.4) is 0 Å². The lowest BCUT2D eigenvalue weighted by Crippen LogP contribution is -2.49. The molecule has 1 aromatic carbocycles. The number of carbonyl (C=O) groups excluding carboxylic acids is 2. The van der Waals surface area contributed by atoms with Gasteiger partial charge < -0.3 is 21.1 Å². The van der Waals surface area contributed by atoms with E-state index in [1.54, 1.807) is 12.1 Å². The molecular weight excluding hydrogens is 330 g/mol. The zero-order valence-corrected chi connectivity index (χ0v) is 15.4. The first-order valence-corrected chi connectivity index (χ1v) is 9.56. The number of rotatable bonds is 6. The fourth-order valence-electron chi connectivity index (χ4n) is 4.36. The molecule has 26 heavy (non-hydrogen) atoms. The van der Waals surface area contributed by atoms with Crippen LogP contribution < -0.4 is 21.1 Å². The van der Waals surface area contributed by atoms with E-state index in [9.17, 15) is 9.59 Å². The minimum Gasteiger partial charge on any atom is -0.492 e. The summed E-state index contributed by atoms with van der Waals surface area (Å²) in [5.41, 5.74) is 7.00. The Bertz CT molecular complexity index is 635. The van der Waals surface area contributed by atoms with Crippen LogP contribution in [0.5, 0.6) is 5.75 Å². The molecule has 0 aliphatic heterocycles. The van der Waals surface area contributed by atoms with E-state index >= 15 is 0 Å². The highest BCUT2D eigenvalue weighted by molar-refractivity contribution is 5.88. The van der Waals surface area contributed by atoms with Crippen molar-refractivity contribution >= 4 is 17.5 Å². The molecule has 0 spiro atoms. The van der Waals surface area contributed by atoms with Gasteiger partial charge in [-0.15, -0.1) is 0 Å². The SMILES string of the molecule is CC(=O)Nc1cccc(OCCNC(=O)C2CC3CCCC(C2)C3N)c1. The number of benzene rings is 1. The second kappa shape index (κ2) is 8.54. The van der Waals surface area contributed by atoms with Crippen molar-refractivity contribution in [3.63, 3.8) is 0 Å². The Morgan fingerprint density at radius 1 is 1.23 bits per heavy atom. The summed E-state index contributed by atoms with van der Waals surface area (Å²) in [7, 11) is 0. The molecule has 142 valence electrons. The van der Waals surface area contributed by atoms with Gasteiger partial charge >= 0.3 is 0 Å². The lowest BCUT2D eigenvalue weighted by atomic mass is 9.65. The van der Waals surface area contributed by atoms with Crippen LogP contribution in [0.2, 0.25) is 0 Å². The largest absolute Gasteiger partial charge is 0.492 e. The molecule has 0 heterocycles. The van der Waals surface area contributed by atoms with Crippen molar-refractivity contribution in [2.24, 2.45) is 23.5 Å². The number of nitrogens with two attached hydrogens (primary N) is 1. The third-order valence-electron chi connectivity index (χ3n) is 5.61. The molecule has 0 radical (unpaired) electrons. The Labute approximate surface area is 154 Å². The van der Waals surface area contributed by atoms with Crippen molar-refractivity contribution < 1.29 is 14.3 Å². The van der Waals surface area contributed by atoms with Gasteiger partial charge in [0.25, 0.3) is 0 Å². The van der Waals surface area contributed by atoms with Gasteiger partial charge in [-0.2, -0.15) is 0 Å². The zero-order valence-electron chi connectivity index (χ0n) is 15.4. The van der Waals surface area contributed by atoms with Gasteiger partial charge in [-0.1, -0.05) is 12.5 Å². The van der Waals surface area contributed by atoms with Gasteiger partial charge in [0.1, 0.15) is 12.4 Å². The van der Waals surface area contributed by atoms with Crippen molar-refractivity contribution in [2.75, 3.05) is 18.5 Å². The summed E-state index contributed by atoms with van der Waals surface area (Å²) in [5, 5.41) is 5.72. The fourth-order valence-corrected chi connectivity index (χ4v) is 4.36. The Morgan fingerprint density at radius 3 is 2.65 bits per heavy atom.